The molecule has 3 unspecified atom stereocenters. The summed E-state index contributed by atoms with van der Waals surface area (Å²) >= 11 is 0. The minimum absolute atomic E-state index is 0.206. The molecule has 0 spiro atoms. The van der Waals surface area contributed by atoms with Crippen LogP contribution in [0.3, 0.4) is 0 Å². The summed E-state index contributed by atoms with van der Waals surface area (Å²) in [6.07, 6.45) is -0.206. The van der Waals surface area contributed by atoms with Crippen molar-refractivity contribution in [3.8, 4) is 0 Å². The van der Waals surface area contributed by atoms with Crippen LogP contribution in [0, 0.1) is 0 Å². The molecule has 1 rings (SSSR count). The van der Waals surface area contributed by atoms with Crippen LogP contribution < -0.4 is 5.32 Å². The third-order valence-electron chi connectivity index (χ3n) is 2.16. The van der Waals surface area contributed by atoms with E-state index in [4.69, 9.17) is 0 Å². The molecule has 0 bridgehead atoms. The summed E-state index contributed by atoms with van der Waals surface area (Å²) in [5.74, 6) is 0. The van der Waals surface area contributed by atoms with E-state index in [-0.39, 0.29) is 6.10 Å². The van der Waals surface area contributed by atoms with Crippen molar-refractivity contribution in [2.45, 2.75) is 39.0 Å². The Kier molecular flexibility index (Phi) is 3.50. The molecular weight excluding hydrogens is 152 g/mol. The topological polar surface area (TPSA) is 35.5 Å². The number of rotatable bonds is 2. The van der Waals surface area contributed by atoms with Crippen molar-refractivity contribution in [1.29, 1.82) is 0 Å². The number of hydrogen-bond acceptors (Lipinski definition) is 3. The van der Waals surface area contributed by atoms with Crippen LogP contribution in [0.25, 0.3) is 0 Å². The lowest BCUT2D eigenvalue weighted by atomic mass is 10.1. The second-order valence-electron chi connectivity index (χ2n) is 4.04. The molecule has 1 fully saturated rings. The number of hydrogen-bond donors (Lipinski definition) is 2. The highest BCUT2D eigenvalue weighted by Crippen LogP contribution is 2.04. The molecule has 0 radical (unpaired) electrons. The highest BCUT2D eigenvalue weighted by atomic mass is 16.3. The summed E-state index contributed by atoms with van der Waals surface area (Å²) in [4.78, 5) is 2.32. The van der Waals surface area contributed by atoms with Crippen LogP contribution in [-0.2, 0) is 0 Å². The minimum Gasteiger partial charge on any atom is -0.392 e. The van der Waals surface area contributed by atoms with E-state index in [9.17, 15) is 5.11 Å². The van der Waals surface area contributed by atoms with Crippen molar-refractivity contribution in [1.82, 2.24) is 10.2 Å². The van der Waals surface area contributed by atoms with Crippen molar-refractivity contribution < 1.29 is 5.11 Å². The SMILES string of the molecule is CC(O)CN1CC(C)NC(C)C1. The van der Waals surface area contributed by atoms with E-state index in [1.165, 1.54) is 0 Å². The van der Waals surface area contributed by atoms with Gasteiger partial charge in [-0.1, -0.05) is 0 Å². The monoisotopic (exact) mass is 172 g/mol. The normalized spacial score (nSPS) is 35.0. The van der Waals surface area contributed by atoms with Crippen LogP contribution in [0.5, 0.6) is 0 Å². The zero-order valence-electron chi connectivity index (χ0n) is 8.25. The van der Waals surface area contributed by atoms with Gasteiger partial charge in [-0.3, -0.25) is 4.90 Å². The largest absolute Gasteiger partial charge is 0.392 e. The Balaban J connectivity index is 2.34. The average Bonchev–Trinajstić information content (AvgIpc) is 1.81. The van der Waals surface area contributed by atoms with Crippen molar-refractivity contribution >= 4 is 0 Å². The van der Waals surface area contributed by atoms with Gasteiger partial charge in [0.1, 0.15) is 0 Å². The Morgan fingerprint density at radius 1 is 1.42 bits per heavy atom. The lowest BCUT2D eigenvalue weighted by molar-refractivity contribution is 0.0951. The smallest absolute Gasteiger partial charge is 0.0639 e. The molecule has 3 nitrogen and oxygen atoms in total. The maximum Gasteiger partial charge on any atom is 0.0639 e. The van der Waals surface area contributed by atoms with E-state index in [0.29, 0.717) is 12.1 Å². The molecule has 0 aromatic heterocycles. The van der Waals surface area contributed by atoms with Gasteiger partial charge in [0.15, 0.2) is 0 Å². The number of aliphatic hydroxyl groups is 1. The second kappa shape index (κ2) is 4.21. The first-order valence-corrected chi connectivity index (χ1v) is 4.74. The Labute approximate surface area is 74.8 Å². The lowest BCUT2D eigenvalue weighted by Gasteiger charge is -2.36. The molecule has 0 aliphatic carbocycles. The highest BCUT2D eigenvalue weighted by molar-refractivity contribution is 4.81. The summed E-state index contributed by atoms with van der Waals surface area (Å²) in [7, 11) is 0. The fourth-order valence-electron chi connectivity index (χ4n) is 1.96. The van der Waals surface area contributed by atoms with Crippen LogP contribution in [-0.4, -0.2) is 47.8 Å². The van der Waals surface area contributed by atoms with Crippen molar-refractivity contribution in [2.75, 3.05) is 19.6 Å². The average molecular weight is 172 g/mol. The Morgan fingerprint density at radius 3 is 2.33 bits per heavy atom. The van der Waals surface area contributed by atoms with Gasteiger partial charge < -0.3 is 10.4 Å². The van der Waals surface area contributed by atoms with Crippen molar-refractivity contribution in [2.24, 2.45) is 0 Å². The predicted octanol–water partition coefficient (Wildman–Crippen LogP) is 0.0494. The molecule has 1 aliphatic heterocycles. The third-order valence-corrected chi connectivity index (χ3v) is 2.16. The predicted molar refractivity (Wildman–Crippen MR) is 50.2 cm³/mol. The quantitative estimate of drug-likeness (QED) is 0.618. The van der Waals surface area contributed by atoms with Crippen LogP contribution >= 0.6 is 0 Å². The van der Waals surface area contributed by atoms with Gasteiger partial charge in [-0.05, 0) is 20.8 Å². The molecule has 3 atom stereocenters. The number of nitrogens with one attached hydrogen (secondary N) is 1. The summed E-state index contributed by atoms with van der Waals surface area (Å²) in [5.41, 5.74) is 0. The molecule has 0 aromatic carbocycles. The first-order valence-electron chi connectivity index (χ1n) is 4.74. The maximum atomic E-state index is 9.22. The Hall–Kier alpha value is -0.120. The molecule has 0 aromatic rings. The summed E-state index contributed by atoms with van der Waals surface area (Å²) < 4.78 is 0. The number of aliphatic hydroxyl groups excluding tert-OH is 1. The fourth-order valence-corrected chi connectivity index (χ4v) is 1.96. The molecule has 1 heterocycles. The van der Waals surface area contributed by atoms with E-state index >= 15 is 0 Å². The van der Waals surface area contributed by atoms with E-state index in [2.05, 4.69) is 24.1 Å². The van der Waals surface area contributed by atoms with Crippen LogP contribution in [0.4, 0.5) is 0 Å². The van der Waals surface area contributed by atoms with E-state index in [1.54, 1.807) is 0 Å². The minimum atomic E-state index is -0.206. The molecule has 0 saturated carbocycles. The van der Waals surface area contributed by atoms with Gasteiger partial charge in [-0.25, -0.2) is 0 Å². The van der Waals surface area contributed by atoms with E-state index in [1.807, 2.05) is 6.92 Å². The third kappa shape index (κ3) is 3.09. The molecule has 0 amide bonds. The first kappa shape index (κ1) is 9.96. The van der Waals surface area contributed by atoms with Gasteiger partial charge in [0, 0.05) is 31.7 Å². The van der Waals surface area contributed by atoms with Gasteiger partial charge in [-0.2, -0.15) is 0 Å². The number of nitrogens with zero attached hydrogens (tertiary/aromatic N) is 1. The molecular formula is C9H20N2O. The van der Waals surface area contributed by atoms with Gasteiger partial charge in [0.2, 0.25) is 0 Å². The summed E-state index contributed by atoms with van der Waals surface area (Å²) in [6, 6.07) is 1.10. The lowest BCUT2D eigenvalue weighted by Crippen LogP contribution is -2.55. The second-order valence-corrected chi connectivity index (χ2v) is 4.04. The van der Waals surface area contributed by atoms with Crippen LogP contribution in [0.15, 0.2) is 0 Å². The fraction of sp³-hybridized carbons (Fsp3) is 1.00. The Morgan fingerprint density at radius 2 is 1.92 bits per heavy atom. The molecule has 12 heavy (non-hydrogen) atoms. The van der Waals surface area contributed by atoms with E-state index in [0.717, 1.165) is 19.6 Å². The van der Waals surface area contributed by atoms with Gasteiger partial charge in [-0.15, -0.1) is 0 Å². The molecule has 3 heteroatoms. The standard InChI is InChI=1S/C9H20N2O/c1-7-4-11(6-9(3)12)5-8(2)10-7/h7-10,12H,4-6H2,1-3H3. The Bertz CT molecular complexity index is 126. The number of piperazine rings is 1. The molecule has 1 aliphatic rings. The zero-order valence-corrected chi connectivity index (χ0v) is 8.25. The van der Waals surface area contributed by atoms with E-state index < -0.39 is 0 Å². The molecule has 1 saturated heterocycles. The van der Waals surface area contributed by atoms with Crippen LogP contribution in [0.2, 0.25) is 0 Å². The van der Waals surface area contributed by atoms with Gasteiger partial charge in [0.25, 0.3) is 0 Å². The highest BCUT2D eigenvalue weighted by Gasteiger charge is 2.21. The number of β-amino-alcohol motifs (C(OH)–C–C–N with tert-alkyl or cyclic N) is 1. The van der Waals surface area contributed by atoms with Gasteiger partial charge in [0.05, 0.1) is 6.10 Å². The van der Waals surface area contributed by atoms with Gasteiger partial charge >= 0.3 is 0 Å². The zero-order chi connectivity index (χ0) is 9.14. The van der Waals surface area contributed by atoms with Crippen molar-refractivity contribution in [3.63, 3.8) is 0 Å². The van der Waals surface area contributed by atoms with Crippen LogP contribution in [0.1, 0.15) is 20.8 Å². The molecule has 2 N–H and O–H groups in total. The molecule has 72 valence electrons. The van der Waals surface area contributed by atoms with Crippen molar-refractivity contribution in [3.05, 3.63) is 0 Å². The maximum absolute atomic E-state index is 9.22. The summed E-state index contributed by atoms with van der Waals surface area (Å²) in [5, 5.41) is 12.7. The summed E-state index contributed by atoms with van der Waals surface area (Å²) in [6.45, 7) is 9.12. The first-order chi connectivity index (χ1) is 5.58.